The Morgan fingerprint density at radius 3 is 2.50 bits per heavy atom. The van der Waals surface area contributed by atoms with Gasteiger partial charge in [0, 0.05) is 29.4 Å². The summed E-state index contributed by atoms with van der Waals surface area (Å²) in [5, 5.41) is 5.99. The number of ether oxygens (including phenoxy) is 2. The van der Waals surface area contributed by atoms with Crippen LogP contribution < -0.4 is 20.1 Å². The number of rotatable bonds is 5. The molecule has 3 aromatic rings. The van der Waals surface area contributed by atoms with Gasteiger partial charge in [-0.2, -0.15) is 0 Å². The summed E-state index contributed by atoms with van der Waals surface area (Å²) < 4.78 is 11.2. The minimum atomic E-state index is -0.282. The number of carbonyl (C=O) groups excluding carboxylic acids is 2. The molecule has 30 heavy (non-hydrogen) atoms. The van der Waals surface area contributed by atoms with Gasteiger partial charge in [-0.15, -0.1) is 0 Å². The second kappa shape index (κ2) is 8.87. The average Bonchev–Trinajstić information content (AvgIpc) is 2.79. The first kappa shape index (κ1) is 19.8. The molecule has 2 amide bonds. The number of nitrogens with zero attached hydrogens (tertiary/aromatic N) is 1. The summed E-state index contributed by atoms with van der Waals surface area (Å²) in [6, 6.07) is 15.8. The highest BCUT2D eigenvalue weighted by atomic mass is 32.2. The number of aromatic nitrogens is 1. The molecular weight excluding hydrogens is 402 g/mol. The van der Waals surface area contributed by atoms with Crippen LogP contribution in [0.2, 0.25) is 0 Å². The van der Waals surface area contributed by atoms with Crippen LogP contribution in [0.25, 0.3) is 0 Å². The third kappa shape index (κ3) is 4.38. The van der Waals surface area contributed by atoms with Crippen molar-refractivity contribution in [1.82, 2.24) is 10.3 Å². The lowest BCUT2D eigenvalue weighted by Crippen LogP contribution is -2.18. The van der Waals surface area contributed by atoms with E-state index in [1.807, 2.05) is 18.2 Å². The first-order chi connectivity index (χ1) is 14.6. The van der Waals surface area contributed by atoms with E-state index in [0.717, 1.165) is 4.90 Å². The van der Waals surface area contributed by atoms with Crippen LogP contribution in [0.15, 0.2) is 70.7 Å². The van der Waals surface area contributed by atoms with Crippen molar-refractivity contribution in [2.75, 3.05) is 25.6 Å². The van der Waals surface area contributed by atoms with Crippen LogP contribution in [0.3, 0.4) is 0 Å². The van der Waals surface area contributed by atoms with E-state index in [-0.39, 0.29) is 11.8 Å². The van der Waals surface area contributed by atoms with Gasteiger partial charge in [-0.05, 0) is 54.6 Å². The first-order valence-corrected chi connectivity index (χ1v) is 10.1. The van der Waals surface area contributed by atoms with Crippen LogP contribution in [0.4, 0.5) is 5.69 Å². The van der Waals surface area contributed by atoms with Gasteiger partial charge in [0.25, 0.3) is 11.8 Å². The number of fused-ring (bicyclic) bond motifs is 1. The van der Waals surface area contributed by atoms with Gasteiger partial charge < -0.3 is 20.1 Å². The number of hydrogen-bond acceptors (Lipinski definition) is 6. The topological polar surface area (TPSA) is 89.6 Å². The van der Waals surface area contributed by atoms with Crippen molar-refractivity contribution < 1.29 is 19.1 Å². The minimum Gasteiger partial charge on any atom is -0.486 e. The van der Waals surface area contributed by atoms with Crippen LogP contribution in [-0.4, -0.2) is 37.1 Å². The van der Waals surface area contributed by atoms with E-state index in [1.54, 1.807) is 49.6 Å². The summed E-state index contributed by atoms with van der Waals surface area (Å²) in [4.78, 5) is 29.8. The SMILES string of the molecule is CNC(=O)c1ccc(NC(=O)c2cccnc2Sc2ccc3c(c2)OCCO3)cc1. The first-order valence-electron chi connectivity index (χ1n) is 9.30. The Balaban J connectivity index is 1.51. The molecule has 1 aliphatic rings. The van der Waals surface area contributed by atoms with Gasteiger partial charge in [-0.3, -0.25) is 9.59 Å². The maximum atomic E-state index is 12.8. The smallest absolute Gasteiger partial charge is 0.258 e. The van der Waals surface area contributed by atoms with E-state index in [1.165, 1.54) is 11.8 Å². The number of hydrogen-bond donors (Lipinski definition) is 2. The molecule has 0 spiro atoms. The van der Waals surface area contributed by atoms with Crippen molar-refractivity contribution in [2.24, 2.45) is 0 Å². The molecule has 0 fully saturated rings. The fourth-order valence-electron chi connectivity index (χ4n) is 2.89. The van der Waals surface area contributed by atoms with Crippen molar-refractivity contribution in [3.8, 4) is 11.5 Å². The van der Waals surface area contributed by atoms with E-state index in [4.69, 9.17) is 9.47 Å². The molecule has 0 unspecified atom stereocenters. The normalized spacial score (nSPS) is 12.2. The standard InChI is InChI=1S/C22H19N3O4S/c1-23-20(26)14-4-6-15(7-5-14)25-21(27)17-3-2-10-24-22(17)30-16-8-9-18-19(13-16)29-12-11-28-18/h2-10,13H,11-12H2,1H3,(H,23,26)(H,25,27). The molecule has 0 saturated heterocycles. The summed E-state index contributed by atoms with van der Waals surface area (Å²) in [6.07, 6.45) is 1.65. The summed E-state index contributed by atoms with van der Waals surface area (Å²) in [6.45, 7) is 1.05. The fraction of sp³-hybridized carbons (Fsp3) is 0.136. The zero-order chi connectivity index (χ0) is 20.9. The van der Waals surface area contributed by atoms with Crippen LogP contribution in [-0.2, 0) is 0 Å². The van der Waals surface area contributed by atoms with E-state index in [0.29, 0.717) is 46.6 Å². The molecule has 0 bridgehead atoms. The Labute approximate surface area is 177 Å². The number of anilines is 1. The van der Waals surface area contributed by atoms with Gasteiger partial charge in [-0.25, -0.2) is 4.98 Å². The van der Waals surface area contributed by atoms with E-state index in [2.05, 4.69) is 15.6 Å². The lowest BCUT2D eigenvalue weighted by molar-refractivity contribution is 0.0962. The quantitative estimate of drug-likeness (QED) is 0.654. The third-order valence-electron chi connectivity index (χ3n) is 4.38. The fourth-order valence-corrected chi connectivity index (χ4v) is 3.80. The molecule has 7 nitrogen and oxygen atoms in total. The van der Waals surface area contributed by atoms with Gasteiger partial charge >= 0.3 is 0 Å². The number of carbonyl (C=O) groups is 2. The molecule has 0 atom stereocenters. The number of pyridine rings is 1. The Morgan fingerprint density at radius 2 is 1.73 bits per heavy atom. The summed E-state index contributed by atoms with van der Waals surface area (Å²) in [5.41, 5.74) is 1.56. The number of amides is 2. The molecule has 2 aromatic carbocycles. The van der Waals surface area contributed by atoms with Crippen LogP contribution in [0.1, 0.15) is 20.7 Å². The Hall–Kier alpha value is -3.52. The molecule has 1 aliphatic heterocycles. The molecule has 0 radical (unpaired) electrons. The van der Waals surface area contributed by atoms with Crippen LogP contribution in [0, 0.1) is 0 Å². The van der Waals surface area contributed by atoms with Gasteiger partial charge in [0.05, 0.1) is 5.56 Å². The molecule has 4 rings (SSSR count). The molecule has 1 aromatic heterocycles. The predicted octanol–water partition coefficient (Wildman–Crippen LogP) is 3.62. The summed E-state index contributed by atoms with van der Waals surface area (Å²) >= 11 is 1.37. The largest absolute Gasteiger partial charge is 0.486 e. The molecular formula is C22H19N3O4S. The van der Waals surface area contributed by atoms with E-state index in [9.17, 15) is 9.59 Å². The predicted molar refractivity (Wildman–Crippen MR) is 114 cm³/mol. The van der Waals surface area contributed by atoms with Gasteiger partial charge in [0.15, 0.2) is 11.5 Å². The van der Waals surface area contributed by atoms with Crippen molar-refractivity contribution in [2.45, 2.75) is 9.92 Å². The third-order valence-corrected chi connectivity index (χ3v) is 5.38. The van der Waals surface area contributed by atoms with Crippen molar-refractivity contribution >= 4 is 29.3 Å². The lowest BCUT2D eigenvalue weighted by Gasteiger charge is -2.18. The minimum absolute atomic E-state index is 0.182. The maximum Gasteiger partial charge on any atom is 0.258 e. The summed E-state index contributed by atoms with van der Waals surface area (Å²) in [5.74, 6) is 0.934. The highest BCUT2D eigenvalue weighted by Gasteiger charge is 2.17. The van der Waals surface area contributed by atoms with Gasteiger partial charge in [0.1, 0.15) is 18.2 Å². The zero-order valence-electron chi connectivity index (χ0n) is 16.2. The molecule has 2 N–H and O–H groups in total. The lowest BCUT2D eigenvalue weighted by atomic mass is 10.2. The van der Waals surface area contributed by atoms with Crippen LogP contribution in [0.5, 0.6) is 11.5 Å². The van der Waals surface area contributed by atoms with E-state index >= 15 is 0 Å². The average molecular weight is 421 g/mol. The highest BCUT2D eigenvalue weighted by molar-refractivity contribution is 7.99. The monoisotopic (exact) mass is 421 g/mol. The maximum absolute atomic E-state index is 12.8. The zero-order valence-corrected chi connectivity index (χ0v) is 17.0. The molecule has 2 heterocycles. The summed E-state index contributed by atoms with van der Waals surface area (Å²) in [7, 11) is 1.57. The van der Waals surface area contributed by atoms with Crippen molar-refractivity contribution in [1.29, 1.82) is 0 Å². The Kier molecular flexibility index (Phi) is 5.85. The van der Waals surface area contributed by atoms with Gasteiger partial charge in [0.2, 0.25) is 0 Å². The highest BCUT2D eigenvalue weighted by Crippen LogP contribution is 2.37. The molecule has 8 heteroatoms. The Bertz CT molecular complexity index is 1090. The molecule has 152 valence electrons. The second-order valence-corrected chi connectivity index (χ2v) is 7.44. The van der Waals surface area contributed by atoms with Crippen LogP contribution >= 0.6 is 11.8 Å². The molecule has 0 aliphatic carbocycles. The second-order valence-electron chi connectivity index (χ2n) is 6.37. The van der Waals surface area contributed by atoms with Crippen molar-refractivity contribution in [3.05, 3.63) is 71.9 Å². The number of nitrogens with one attached hydrogen (secondary N) is 2. The molecule has 0 saturated carbocycles. The van der Waals surface area contributed by atoms with E-state index < -0.39 is 0 Å². The van der Waals surface area contributed by atoms with Crippen molar-refractivity contribution in [3.63, 3.8) is 0 Å². The number of benzene rings is 2. The van der Waals surface area contributed by atoms with Gasteiger partial charge in [-0.1, -0.05) is 11.8 Å². The Morgan fingerprint density at radius 1 is 0.967 bits per heavy atom.